The van der Waals surface area contributed by atoms with Crippen LogP contribution in [0.5, 0.6) is 0 Å². The number of carbonyl (C=O) groups excluding carboxylic acids is 2. The van der Waals surface area contributed by atoms with Gasteiger partial charge in [-0.05, 0) is 25.8 Å². The lowest BCUT2D eigenvalue weighted by molar-refractivity contribution is 0.0933. The lowest BCUT2D eigenvalue weighted by Gasteiger charge is -2.03. The van der Waals surface area contributed by atoms with Crippen LogP contribution < -0.4 is 10.8 Å². The van der Waals surface area contributed by atoms with Gasteiger partial charge in [0.05, 0.1) is 5.56 Å². The second kappa shape index (κ2) is 4.26. The van der Waals surface area contributed by atoms with Gasteiger partial charge in [0.1, 0.15) is 13.5 Å². The van der Waals surface area contributed by atoms with Gasteiger partial charge in [-0.1, -0.05) is 17.6 Å². The summed E-state index contributed by atoms with van der Waals surface area (Å²) in [5.74, 6) is -0.264. The average Bonchev–Trinajstić information content (AvgIpc) is 3.06. The number of benzene rings is 1. The van der Waals surface area contributed by atoms with Crippen molar-refractivity contribution in [3.63, 3.8) is 0 Å². The number of aromatic amines is 1. The number of fused-ring (bicyclic) bond motifs is 1. The second-order valence-corrected chi connectivity index (χ2v) is 5.23. The molecule has 5 heteroatoms. The van der Waals surface area contributed by atoms with E-state index >= 15 is 0 Å². The molecule has 1 heterocycles. The van der Waals surface area contributed by atoms with Gasteiger partial charge in [-0.25, -0.2) is 0 Å². The number of hydrogen-bond acceptors (Lipinski definition) is 2. The van der Waals surface area contributed by atoms with Crippen LogP contribution in [0.1, 0.15) is 40.6 Å². The third-order valence-corrected chi connectivity index (χ3v) is 3.45. The van der Waals surface area contributed by atoms with E-state index in [1.807, 2.05) is 26.0 Å². The van der Waals surface area contributed by atoms with Crippen molar-refractivity contribution in [1.82, 2.24) is 10.3 Å². The summed E-state index contributed by atoms with van der Waals surface area (Å²) in [5, 5.41) is 3.75. The highest BCUT2D eigenvalue weighted by atomic mass is 16.2. The van der Waals surface area contributed by atoms with E-state index in [-0.39, 0.29) is 17.7 Å². The number of aromatic nitrogens is 1. The molecule has 2 N–H and O–H groups in total. The Hall–Kier alpha value is -2.04. The first-order valence-electron chi connectivity index (χ1n) is 6.50. The van der Waals surface area contributed by atoms with Crippen molar-refractivity contribution in [2.24, 2.45) is 0 Å². The maximum absolute atomic E-state index is 12.2. The molecular formula is C14H15BN2O2. The predicted molar refractivity (Wildman–Crippen MR) is 77.0 cm³/mol. The Kier molecular flexibility index (Phi) is 2.70. The SMILES string of the molecule is Bc1ccc2[nH]c(C(=O)NC3CC3)c(C(C)=O)c2c1. The van der Waals surface area contributed by atoms with Gasteiger partial charge in [-0.3, -0.25) is 9.59 Å². The van der Waals surface area contributed by atoms with Crippen LogP contribution in [-0.4, -0.2) is 30.6 Å². The third kappa shape index (κ3) is 2.16. The average molecular weight is 254 g/mol. The highest BCUT2D eigenvalue weighted by Gasteiger charge is 2.27. The number of Topliss-reactive ketones (excluding diaryl/α,β-unsaturated/α-hetero) is 1. The Morgan fingerprint density at radius 3 is 2.74 bits per heavy atom. The molecule has 4 nitrogen and oxygen atoms in total. The summed E-state index contributed by atoms with van der Waals surface area (Å²) in [6.45, 7) is 1.50. The molecule has 1 aliphatic carbocycles. The molecule has 96 valence electrons. The standard InChI is InChI=1S/C14H15BN2O2/c1-7(18)12-10-6-8(15)2-5-11(10)17-13(12)14(19)16-9-3-4-9/h2,5-6,9,17H,3-4,15H2,1H3,(H,16,19). The van der Waals surface area contributed by atoms with Gasteiger partial charge in [0, 0.05) is 16.9 Å². The summed E-state index contributed by atoms with van der Waals surface area (Å²) in [6, 6.07) is 6.09. The molecule has 1 fully saturated rings. The van der Waals surface area contributed by atoms with E-state index < -0.39 is 0 Å². The minimum absolute atomic E-state index is 0.0854. The fourth-order valence-corrected chi connectivity index (χ4v) is 2.33. The Morgan fingerprint density at radius 2 is 2.11 bits per heavy atom. The molecule has 19 heavy (non-hydrogen) atoms. The smallest absolute Gasteiger partial charge is 0.268 e. The fourth-order valence-electron chi connectivity index (χ4n) is 2.33. The first-order chi connectivity index (χ1) is 9.06. The van der Waals surface area contributed by atoms with E-state index in [1.165, 1.54) is 6.92 Å². The predicted octanol–water partition coefficient (Wildman–Crippen LogP) is 0.521. The van der Waals surface area contributed by atoms with Gasteiger partial charge in [-0.2, -0.15) is 0 Å². The Labute approximate surface area is 112 Å². The molecule has 0 unspecified atom stereocenters. The normalized spacial score (nSPS) is 14.6. The molecule has 1 aliphatic rings. The van der Waals surface area contributed by atoms with Crippen LogP contribution in [0.2, 0.25) is 0 Å². The maximum atomic E-state index is 12.2. The molecule has 1 saturated carbocycles. The first-order valence-corrected chi connectivity index (χ1v) is 6.50. The van der Waals surface area contributed by atoms with E-state index in [4.69, 9.17) is 0 Å². The number of amides is 1. The summed E-state index contributed by atoms with van der Waals surface area (Å²) >= 11 is 0. The van der Waals surface area contributed by atoms with E-state index in [0.717, 1.165) is 29.2 Å². The summed E-state index contributed by atoms with van der Waals surface area (Å²) in [4.78, 5) is 27.1. The Balaban J connectivity index is 2.14. The molecule has 0 saturated heterocycles. The van der Waals surface area contributed by atoms with Crippen molar-refractivity contribution in [2.45, 2.75) is 25.8 Å². The number of nitrogens with one attached hydrogen (secondary N) is 2. The minimum atomic E-state index is -0.179. The molecule has 1 aromatic carbocycles. The molecule has 0 bridgehead atoms. The van der Waals surface area contributed by atoms with Crippen molar-refractivity contribution in [3.05, 3.63) is 29.5 Å². The van der Waals surface area contributed by atoms with Gasteiger partial charge >= 0.3 is 0 Å². The molecule has 0 spiro atoms. The number of hydrogen-bond donors (Lipinski definition) is 2. The molecule has 2 aromatic rings. The van der Waals surface area contributed by atoms with Crippen molar-refractivity contribution >= 4 is 35.9 Å². The molecule has 1 amide bonds. The molecule has 1 aromatic heterocycles. The lowest BCUT2D eigenvalue weighted by Crippen LogP contribution is -2.27. The van der Waals surface area contributed by atoms with Crippen LogP contribution in [0.15, 0.2) is 18.2 Å². The summed E-state index contributed by atoms with van der Waals surface area (Å²) in [6.07, 6.45) is 2.06. The topological polar surface area (TPSA) is 62.0 Å². The number of ketones is 1. The number of rotatable bonds is 3. The Morgan fingerprint density at radius 1 is 1.37 bits per heavy atom. The van der Waals surface area contributed by atoms with Crippen molar-refractivity contribution in [2.75, 3.05) is 0 Å². The quantitative estimate of drug-likeness (QED) is 0.619. The second-order valence-electron chi connectivity index (χ2n) is 5.23. The van der Waals surface area contributed by atoms with Gasteiger partial charge in [-0.15, -0.1) is 0 Å². The summed E-state index contributed by atoms with van der Waals surface area (Å²) in [5.41, 5.74) is 2.79. The van der Waals surface area contributed by atoms with Crippen LogP contribution in [0.4, 0.5) is 0 Å². The number of carbonyl (C=O) groups is 2. The zero-order chi connectivity index (χ0) is 13.6. The van der Waals surface area contributed by atoms with Crippen LogP contribution in [0, 0.1) is 0 Å². The summed E-state index contributed by atoms with van der Waals surface area (Å²) in [7, 11) is 1.97. The first kappa shape index (κ1) is 12.0. The van der Waals surface area contributed by atoms with Gasteiger partial charge in [0.15, 0.2) is 5.78 Å². The van der Waals surface area contributed by atoms with Gasteiger partial charge in [0.25, 0.3) is 5.91 Å². The largest absolute Gasteiger partial charge is 0.350 e. The highest BCUT2D eigenvalue weighted by molar-refractivity contribution is 6.33. The number of H-pyrrole nitrogens is 1. The van der Waals surface area contributed by atoms with Gasteiger partial charge in [0.2, 0.25) is 0 Å². The Bertz CT molecular complexity index is 686. The zero-order valence-corrected chi connectivity index (χ0v) is 11.0. The van der Waals surface area contributed by atoms with E-state index in [0.29, 0.717) is 11.3 Å². The van der Waals surface area contributed by atoms with Crippen LogP contribution >= 0.6 is 0 Å². The van der Waals surface area contributed by atoms with E-state index in [9.17, 15) is 9.59 Å². The van der Waals surface area contributed by atoms with Gasteiger partial charge < -0.3 is 10.3 Å². The van der Waals surface area contributed by atoms with Crippen molar-refractivity contribution in [3.8, 4) is 0 Å². The minimum Gasteiger partial charge on any atom is -0.350 e. The van der Waals surface area contributed by atoms with Crippen molar-refractivity contribution in [1.29, 1.82) is 0 Å². The molecule has 3 rings (SSSR count). The van der Waals surface area contributed by atoms with Crippen LogP contribution in [0.25, 0.3) is 10.9 Å². The molecule has 0 atom stereocenters. The maximum Gasteiger partial charge on any atom is 0.268 e. The third-order valence-electron chi connectivity index (χ3n) is 3.45. The monoisotopic (exact) mass is 254 g/mol. The van der Waals surface area contributed by atoms with Crippen LogP contribution in [0.3, 0.4) is 0 Å². The van der Waals surface area contributed by atoms with E-state index in [1.54, 1.807) is 0 Å². The zero-order valence-electron chi connectivity index (χ0n) is 11.0. The fraction of sp³-hybridized carbons (Fsp3) is 0.286. The van der Waals surface area contributed by atoms with E-state index in [2.05, 4.69) is 10.3 Å². The lowest BCUT2D eigenvalue weighted by atomic mass is 9.93. The van der Waals surface area contributed by atoms with Crippen molar-refractivity contribution < 1.29 is 9.59 Å². The molecule has 0 radical (unpaired) electrons. The summed E-state index contributed by atoms with van der Waals surface area (Å²) < 4.78 is 0. The molecular weight excluding hydrogens is 239 g/mol. The van der Waals surface area contributed by atoms with Crippen LogP contribution in [-0.2, 0) is 0 Å². The molecule has 0 aliphatic heterocycles. The highest BCUT2D eigenvalue weighted by Crippen LogP contribution is 2.24.